The second-order valence-electron chi connectivity index (χ2n) is 1.90. The van der Waals surface area contributed by atoms with Gasteiger partial charge in [-0.05, 0) is 12.1 Å². The van der Waals surface area contributed by atoms with Gasteiger partial charge in [-0.2, -0.15) is 0 Å². The highest BCUT2D eigenvalue weighted by Crippen LogP contribution is 1.99. The van der Waals surface area contributed by atoms with Gasteiger partial charge in [-0.25, -0.2) is 0 Å². The van der Waals surface area contributed by atoms with E-state index < -0.39 is 0 Å². The Hall–Kier alpha value is -0.970. The number of nitrogens with two attached hydrogens (primary N) is 1. The summed E-state index contributed by atoms with van der Waals surface area (Å²) in [6, 6.07) is 3.09. The molecule has 5 heteroatoms. The number of nitrogens with zero attached hydrogens (tertiary/aromatic N) is 2. The van der Waals surface area contributed by atoms with Crippen molar-refractivity contribution in [3.05, 3.63) is 17.8 Å². The number of alkyl halides is 1. The van der Waals surface area contributed by atoms with Gasteiger partial charge in [0, 0.05) is 0 Å². The Morgan fingerprint density at radius 3 is 2.73 bits per heavy atom. The normalized spacial score (nSPS) is 9.55. The Morgan fingerprint density at radius 1 is 1.55 bits per heavy atom. The number of rotatable bonds is 2. The van der Waals surface area contributed by atoms with Crippen LogP contribution in [0.2, 0.25) is 0 Å². The number of ketones is 1. The molecular weight excluding hydrogens is 210 g/mol. The van der Waals surface area contributed by atoms with Gasteiger partial charge < -0.3 is 5.73 Å². The quantitative estimate of drug-likeness (QED) is 0.581. The molecule has 0 radical (unpaired) electrons. The van der Waals surface area contributed by atoms with Gasteiger partial charge in [0.05, 0.1) is 5.33 Å². The second kappa shape index (κ2) is 3.43. The van der Waals surface area contributed by atoms with E-state index in [-0.39, 0.29) is 11.1 Å². The van der Waals surface area contributed by atoms with E-state index in [9.17, 15) is 4.79 Å². The molecule has 0 aliphatic carbocycles. The molecule has 58 valence electrons. The van der Waals surface area contributed by atoms with E-state index in [1.165, 1.54) is 0 Å². The van der Waals surface area contributed by atoms with Crippen LogP contribution in [-0.4, -0.2) is 21.3 Å². The maximum absolute atomic E-state index is 10.9. The summed E-state index contributed by atoms with van der Waals surface area (Å²) in [4.78, 5) is 10.9. The molecule has 11 heavy (non-hydrogen) atoms. The molecule has 0 saturated heterocycles. The Kier molecular flexibility index (Phi) is 2.53. The number of carbonyl (C=O) groups excluding carboxylic acids is 1. The molecule has 1 aromatic heterocycles. The summed E-state index contributed by atoms with van der Waals surface area (Å²) in [7, 11) is 0. The zero-order chi connectivity index (χ0) is 8.27. The van der Waals surface area contributed by atoms with Crippen LogP contribution in [0.5, 0.6) is 0 Å². The molecule has 1 heterocycles. The van der Waals surface area contributed by atoms with Crippen molar-refractivity contribution in [1.82, 2.24) is 10.2 Å². The van der Waals surface area contributed by atoms with Gasteiger partial charge in [-0.1, -0.05) is 15.9 Å². The van der Waals surface area contributed by atoms with Gasteiger partial charge in [0.15, 0.2) is 5.78 Å². The van der Waals surface area contributed by atoms with Crippen LogP contribution < -0.4 is 5.73 Å². The average molecular weight is 216 g/mol. The minimum atomic E-state index is -0.0995. The van der Waals surface area contributed by atoms with Crippen LogP contribution in [0.3, 0.4) is 0 Å². The van der Waals surface area contributed by atoms with E-state index in [2.05, 4.69) is 26.1 Å². The van der Waals surface area contributed by atoms with Crippen LogP contribution in [0.4, 0.5) is 5.82 Å². The van der Waals surface area contributed by atoms with Crippen LogP contribution in [0, 0.1) is 0 Å². The predicted molar refractivity (Wildman–Crippen MR) is 44.6 cm³/mol. The number of hydrogen-bond acceptors (Lipinski definition) is 4. The van der Waals surface area contributed by atoms with Crippen molar-refractivity contribution in [3.8, 4) is 0 Å². The van der Waals surface area contributed by atoms with E-state index in [1.54, 1.807) is 12.1 Å². The van der Waals surface area contributed by atoms with Gasteiger partial charge in [-0.3, -0.25) is 4.79 Å². The van der Waals surface area contributed by atoms with Gasteiger partial charge >= 0.3 is 0 Å². The fourth-order valence-corrected chi connectivity index (χ4v) is 0.847. The van der Waals surface area contributed by atoms with Crippen molar-refractivity contribution in [1.29, 1.82) is 0 Å². The molecule has 1 rings (SSSR count). The first-order valence-corrected chi connectivity index (χ1v) is 4.04. The zero-order valence-corrected chi connectivity index (χ0v) is 7.21. The fraction of sp³-hybridized carbons (Fsp3) is 0.167. The van der Waals surface area contributed by atoms with Crippen LogP contribution >= 0.6 is 15.9 Å². The molecule has 0 amide bonds. The monoisotopic (exact) mass is 215 g/mol. The Morgan fingerprint density at radius 2 is 2.27 bits per heavy atom. The number of anilines is 1. The number of Topliss-reactive ketones (excluding diaryl/α,β-unsaturated/α-hetero) is 1. The van der Waals surface area contributed by atoms with Crippen molar-refractivity contribution in [2.24, 2.45) is 0 Å². The highest BCUT2D eigenvalue weighted by Gasteiger charge is 2.04. The summed E-state index contributed by atoms with van der Waals surface area (Å²) in [6.45, 7) is 0. The maximum Gasteiger partial charge on any atom is 0.193 e. The minimum Gasteiger partial charge on any atom is -0.382 e. The fourth-order valence-electron chi connectivity index (χ4n) is 0.560. The first kappa shape index (κ1) is 8.13. The van der Waals surface area contributed by atoms with E-state index in [0.717, 1.165) is 0 Å². The Labute approximate surface area is 71.9 Å². The first-order valence-electron chi connectivity index (χ1n) is 2.92. The summed E-state index contributed by atoms with van der Waals surface area (Å²) >= 11 is 3.02. The summed E-state index contributed by atoms with van der Waals surface area (Å²) in [6.07, 6.45) is 0. The van der Waals surface area contributed by atoms with Crippen LogP contribution in [-0.2, 0) is 0 Å². The molecular formula is C6H6BrN3O. The number of nitrogen functional groups attached to an aromatic ring is 1. The molecule has 0 saturated carbocycles. The lowest BCUT2D eigenvalue weighted by atomic mass is 10.3. The first-order chi connectivity index (χ1) is 5.24. The van der Waals surface area contributed by atoms with Crippen LogP contribution in [0.25, 0.3) is 0 Å². The molecule has 0 aliphatic rings. The third kappa shape index (κ3) is 1.98. The second-order valence-corrected chi connectivity index (χ2v) is 2.46. The molecule has 0 aromatic carbocycles. The van der Waals surface area contributed by atoms with Crippen LogP contribution in [0.15, 0.2) is 12.1 Å². The molecule has 4 nitrogen and oxygen atoms in total. The van der Waals surface area contributed by atoms with Crippen LogP contribution in [0.1, 0.15) is 10.5 Å². The zero-order valence-electron chi connectivity index (χ0n) is 5.62. The SMILES string of the molecule is Nc1ccc(C(=O)CBr)nn1. The molecule has 0 unspecified atom stereocenters. The Bertz CT molecular complexity index is 259. The molecule has 0 fully saturated rings. The third-order valence-electron chi connectivity index (χ3n) is 1.09. The lowest BCUT2D eigenvalue weighted by Gasteiger charge is -1.93. The summed E-state index contributed by atoms with van der Waals surface area (Å²) in [5.74, 6) is 0.216. The summed E-state index contributed by atoms with van der Waals surface area (Å²) in [5.41, 5.74) is 5.60. The Balaban J connectivity index is 2.90. The number of aromatic nitrogens is 2. The number of hydrogen-bond donors (Lipinski definition) is 1. The number of carbonyl (C=O) groups is 1. The molecule has 0 aliphatic heterocycles. The third-order valence-corrected chi connectivity index (χ3v) is 1.60. The van der Waals surface area contributed by atoms with Gasteiger partial charge in [0.2, 0.25) is 0 Å². The summed E-state index contributed by atoms with van der Waals surface area (Å²) < 4.78 is 0. The molecule has 1 aromatic rings. The van der Waals surface area contributed by atoms with Crippen molar-refractivity contribution in [2.75, 3.05) is 11.1 Å². The summed E-state index contributed by atoms with van der Waals surface area (Å²) in [5, 5.41) is 7.38. The maximum atomic E-state index is 10.9. The van der Waals surface area contributed by atoms with Crippen molar-refractivity contribution in [2.45, 2.75) is 0 Å². The van der Waals surface area contributed by atoms with Gasteiger partial charge in [-0.15, -0.1) is 10.2 Å². The molecule has 0 spiro atoms. The van der Waals surface area contributed by atoms with Gasteiger partial charge in [0.25, 0.3) is 0 Å². The molecule has 0 bridgehead atoms. The highest BCUT2D eigenvalue weighted by molar-refractivity contribution is 9.09. The molecule has 0 atom stereocenters. The van der Waals surface area contributed by atoms with Gasteiger partial charge in [0.1, 0.15) is 11.5 Å². The average Bonchev–Trinajstić information content (AvgIpc) is 2.05. The standard InChI is InChI=1S/C6H6BrN3O/c7-3-5(11)4-1-2-6(8)10-9-4/h1-2H,3H2,(H2,8,10). The van der Waals surface area contributed by atoms with Crippen molar-refractivity contribution >= 4 is 27.5 Å². The van der Waals surface area contributed by atoms with Crippen molar-refractivity contribution < 1.29 is 4.79 Å². The number of halogens is 1. The largest absolute Gasteiger partial charge is 0.382 e. The van der Waals surface area contributed by atoms with E-state index in [1.807, 2.05) is 0 Å². The lowest BCUT2D eigenvalue weighted by molar-refractivity contribution is 0.101. The van der Waals surface area contributed by atoms with E-state index in [0.29, 0.717) is 11.5 Å². The smallest absolute Gasteiger partial charge is 0.193 e. The van der Waals surface area contributed by atoms with E-state index in [4.69, 9.17) is 5.73 Å². The van der Waals surface area contributed by atoms with E-state index >= 15 is 0 Å². The van der Waals surface area contributed by atoms with Crippen molar-refractivity contribution in [3.63, 3.8) is 0 Å². The predicted octanol–water partition coefficient (Wildman–Crippen LogP) is 0.636. The molecule has 2 N–H and O–H groups in total. The highest BCUT2D eigenvalue weighted by atomic mass is 79.9. The lowest BCUT2D eigenvalue weighted by Crippen LogP contribution is -2.05. The minimum absolute atomic E-state index is 0.0995. The topological polar surface area (TPSA) is 68.9 Å².